The minimum atomic E-state index is 0.313. The summed E-state index contributed by atoms with van der Waals surface area (Å²) in [5.74, 6) is 0.965. The third kappa shape index (κ3) is 1.48. The summed E-state index contributed by atoms with van der Waals surface area (Å²) in [6.07, 6.45) is 4.51. The molecule has 3 heteroatoms. The van der Waals surface area contributed by atoms with E-state index in [-0.39, 0.29) is 0 Å². The van der Waals surface area contributed by atoms with Crippen molar-refractivity contribution in [3.8, 4) is 0 Å². The van der Waals surface area contributed by atoms with Crippen molar-refractivity contribution in [1.82, 2.24) is 9.88 Å². The van der Waals surface area contributed by atoms with E-state index >= 15 is 0 Å². The topological polar surface area (TPSA) is 39.3 Å². The molecule has 0 aliphatic carbocycles. The number of piperidine rings is 3. The van der Waals surface area contributed by atoms with Crippen molar-refractivity contribution in [1.29, 1.82) is 0 Å². The first-order chi connectivity index (χ1) is 10.8. The summed E-state index contributed by atoms with van der Waals surface area (Å²) in [4.78, 5) is 6.35. The molecule has 6 rings (SSSR count). The van der Waals surface area contributed by atoms with Gasteiger partial charge in [-0.05, 0) is 37.3 Å². The number of hydrogen-bond acceptors (Lipinski definition) is 2. The zero-order valence-electron chi connectivity index (χ0n) is 12.9. The van der Waals surface area contributed by atoms with Gasteiger partial charge in [-0.2, -0.15) is 0 Å². The fourth-order valence-electron chi connectivity index (χ4n) is 5.32. The van der Waals surface area contributed by atoms with Crippen LogP contribution < -0.4 is 0 Å². The Labute approximate surface area is 130 Å². The SMILES string of the molecule is CC=C1CN2C3Cc4c([nH]c5ccccc45)[C@@H]2C[C@H]1C3CO. The highest BCUT2D eigenvalue weighted by Gasteiger charge is 2.52. The summed E-state index contributed by atoms with van der Waals surface area (Å²) in [7, 11) is 0. The predicted molar refractivity (Wildman–Crippen MR) is 87.7 cm³/mol. The number of aromatic nitrogens is 1. The number of aliphatic hydroxyl groups is 1. The van der Waals surface area contributed by atoms with Crippen LogP contribution >= 0.6 is 0 Å². The van der Waals surface area contributed by atoms with Crippen molar-refractivity contribution in [2.24, 2.45) is 11.8 Å². The van der Waals surface area contributed by atoms with Crippen LogP contribution in [0, 0.1) is 11.8 Å². The molecule has 0 amide bonds. The van der Waals surface area contributed by atoms with Crippen LogP contribution in [0.25, 0.3) is 10.9 Å². The Hall–Kier alpha value is -1.58. The predicted octanol–water partition coefficient (Wildman–Crippen LogP) is 3.02. The molecular formula is C19H22N2O. The maximum absolute atomic E-state index is 9.99. The van der Waals surface area contributed by atoms with E-state index in [1.807, 2.05) is 0 Å². The summed E-state index contributed by atoms with van der Waals surface area (Å²) in [5, 5.41) is 11.4. The van der Waals surface area contributed by atoms with Crippen LogP contribution in [0.15, 0.2) is 35.9 Å². The van der Waals surface area contributed by atoms with Gasteiger partial charge in [0, 0.05) is 41.7 Å². The van der Waals surface area contributed by atoms with Gasteiger partial charge in [0.05, 0.1) is 6.04 Å². The highest BCUT2D eigenvalue weighted by atomic mass is 16.3. The van der Waals surface area contributed by atoms with Crippen LogP contribution in [0.4, 0.5) is 0 Å². The second-order valence-electron chi connectivity index (χ2n) is 7.07. The third-order valence-corrected chi connectivity index (χ3v) is 6.33. The Morgan fingerprint density at radius 2 is 2.23 bits per heavy atom. The molecule has 3 saturated heterocycles. The van der Waals surface area contributed by atoms with Crippen molar-refractivity contribution < 1.29 is 5.11 Å². The summed E-state index contributed by atoms with van der Waals surface area (Å²) in [6.45, 7) is 3.55. The molecule has 3 unspecified atom stereocenters. The summed E-state index contributed by atoms with van der Waals surface area (Å²) in [5.41, 5.74) is 5.74. The van der Waals surface area contributed by atoms with E-state index < -0.39 is 0 Å². The highest BCUT2D eigenvalue weighted by molar-refractivity contribution is 5.85. The number of rotatable bonds is 1. The quantitative estimate of drug-likeness (QED) is 0.794. The van der Waals surface area contributed by atoms with Crippen LogP contribution in [0.5, 0.6) is 0 Å². The van der Waals surface area contributed by atoms with E-state index in [4.69, 9.17) is 0 Å². The van der Waals surface area contributed by atoms with Crippen LogP contribution in [0.2, 0.25) is 0 Å². The lowest BCUT2D eigenvalue weighted by atomic mass is 9.64. The van der Waals surface area contributed by atoms with E-state index in [0.717, 1.165) is 19.4 Å². The van der Waals surface area contributed by atoms with Crippen molar-refractivity contribution in [3.63, 3.8) is 0 Å². The lowest BCUT2D eigenvalue weighted by molar-refractivity contribution is -0.0503. The van der Waals surface area contributed by atoms with Crippen molar-refractivity contribution in [2.45, 2.75) is 31.8 Å². The number of hydrogen-bond donors (Lipinski definition) is 2. The van der Waals surface area contributed by atoms with Gasteiger partial charge in [0.25, 0.3) is 0 Å². The zero-order valence-corrected chi connectivity index (χ0v) is 12.9. The first-order valence-electron chi connectivity index (χ1n) is 8.43. The molecule has 4 aliphatic heterocycles. The molecule has 1 aromatic carbocycles. The molecule has 3 fully saturated rings. The summed E-state index contributed by atoms with van der Waals surface area (Å²) in [6, 6.07) is 9.68. The van der Waals surface area contributed by atoms with Gasteiger partial charge in [-0.25, -0.2) is 0 Å². The van der Waals surface area contributed by atoms with E-state index in [1.54, 1.807) is 0 Å². The molecule has 4 bridgehead atoms. The number of nitrogens with zero attached hydrogens (tertiary/aromatic N) is 1. The smallest absolute Gasteiger partial charge is 0.0514 e. The maximum Gasteiger partial charge on any atom is 0.0514 e. The molecule has 0 saturated carbocycles. The van der Waals surface area contributed by atoms with E-state index in [2.05, 4.69) is 47.1 Å². The van der Waals surface area contributed by atoms with Crippen molar-refractivity contribution in [3.05, 3.63) is 47.2 Å². The number of aromatic amines is 1. The maximum atomic E-state index is 9.99. The number of benzene rings is 1. The van der Waals surface area contributed by atoms with Gasteiger partial charge in [-0.15, -0.1) is 0 Å². The third-order valence-electron chi connectivity index (χ3n) is 6.33. The lowest BCUT2D eigenvalue weighted by Gasteiger charge is -2.58. The molecule has 2 N–H and O–H groups in total. The molecule has 0 spiro atoms. The van der Waals surface area contributed by atoms with Crippen LogP contribution in [0.1, 0.15) is 30.6 Å². The van der Waals surface area contributed by atoms with Crippen molar-refractivity contribution in [2.75, 3.05) is 13.2 Å². The van der Waals surface area contributed by atoms with Crippen LogP contribution in [-0.4, -0.2) is 34.2 Å². The van der Waals surface area contributed by atoms with Crippen molar-refractivity contribution >= 4 is 10.9 Å². The molecule has 2 aromatic rings. The van der Waals surface area contributed by atoms with Gasteiger partial charge >= 0.3 is 0 Å². The highest BCUT2D eigenvalue weighted by Crippen LogP contribution is 2.53. The summed E-state index contributed by atoms with van der Waals surface area (Å²) >= 11 is 0. The molecule has 5 atom stereocenters. The normalized spacial score (nSPS) is 37.7. The number of nitrogens with one attached hydrogen (secondary N) is 1. The van der Waals surface area contributed by atoms with E-state index in [1.165, 1.54) is 27.7 Å². The Morgan fingerprint density at radius 3 is 3.05 bits per heavy atom. The summed E-state index contributed by atoms with van der Waals surface area (Å²) < 4.78 is 0. The Balaban J connectivity index is 1.69. The first-order valence-corrected chi connectivity index (χ1v) is 8.43. The minimum absolute atomic E-state index is 0.313. The standard InChI is InChI=1S/C19H22N2O/c1-2-11-9-21-17-8-14-12-5-3-4-6-16(12)20-19(14)18(21)7-13(11)15(17)10-22/h2-6,13,15,17-18,20,22H,7-10H2,1H3/t13-,15?,17?,18+/m1/s1. The minimum Gasteiger partial charge on any atom is -0.396 e. The molecule has 0 radical (unpaired) electrons. The second-order valence-corrected chi connectivity index (χ2v) is 7.07. The van der Waals surface area contributed by atoms with Gasteiger partial charge in [-0.3, -0.25) is 4.90 Å². The molecule has 1 aromatic heterocycles. The monoisotopic (exact) mass is 294 g/mol. The van der Waals surface area contributed by atoms with Gasteiger partial charge in [-0.1, -0.05) is 29.8 Å². The van der Waals surface area contributed by atoms with Gasteiger partial charge in [0.2, 0.25) is 0 Å². The molecule has 4 aliphatic rings. The number of allylic oxidation sites excluding steroid dienone is 1. The number of para-hydroxylation sites is 1. The van der Waals surface area contributed by atoms with E-state index in [9.17, 15) is 5.11 Å². The molecule has 114 valence electrons. The number of fused-ring (bicyclic) bond motifs is 4. The molecule has 22 heavy (non-hydrogen) atoms. The Kier molecular flexibility index (Phi) is 2.62. The molecule has 5 heterocycles. The molecular weight excluding hydrogens is 272 g/mol. The van der Waals surface area contributed by atoms with E-state index in [0.29, 0.717) is 30.5 Å². The average Bonchev–Trinajstić information content (AvgIpc) is 2.93. The fourth-order valence-corrected chi connectivity index (χ4v) is 5.32. The van der Waals surface area contributed by atoms with Gasteiger partial charge in [0.1, 0.15) is 0 Å². The fraction of sp³-hybridized carbons (Fsp3) is 0.474. The van der Waals surface area contributed by atoms with Crippen LogP contribution in [0.3, 0.4) is 0 Å². The largest absolute Gasteiger partial charge is 0.396 e. The Morgan fingerprint density at radius 1 is 1.36 bits per heavy atom. The van der Waals surface area contributed by atoms with Gasteiger partial charge in [0.15, 0.2) is 0 Å². The average molecular weight is 294 g/mol. The Bertz CT molecular complexity index is 775. The first kappa shape index (κ1) is 12.9. The van der Waals surface area contributed by atoms with Crippen LogP contribution in [-0.2, 0) is 6.42 Å². The molecule has 3 nitrogen and oxygen atoms in total. The number of aliphatic hydroxyl groups excluding tert-OH is 1. The number of H-pyrrole nitrogens is 1. The lowest BCUT2D eigenvalue weighted by Crippen LogP contribution is -2.60. The second kappa shape index (κ2) is 4.46. The van der Waals surface area contributed by atoms with Gasteiger partial charge < -0.3 is 10.1 Å². The zero-order chi connectivity index (χ0) is 14.8.